The van der Waals surface area contributed by atoms with Crippen LogP contribution >= 0.6 is 15.9 Å². The Morgan fingerprint density at radius 1 is 1.20 bits per heavy atom. The number of methoxy groups -OCH3 is 1. The van der Waals surface area contributed by atoms with Gasteiger partial charge in [-0.25, -0.2) is 14.2 Å². The number of H-pyrrole nitrogens is 1. The van der Waals surface area contributed by atoms with Gasteiger partial charge in [0.15, 0.2) is 11.5 Å². The Morgan fingerprint density at radius 3 is 2.73 bits per heavy atom. The predicted octanol–water partition coefficient (Wildman–Crippen LogP) is 5.42. The van der Waals surface area contributed by atoms with Crippen molar-refractivity contribution < 1.29 is 23.8 Å². The van der Waals surface area contributed by atoms with Crippen LogP contribution in [0.4, 0.5) is 4.39 Å². The highest BCUT2D eigenvalue weighted by Crippen LogP contribution is 2.40. The molecule has 0 amide bonds. The number of ether oxygens (including phenoxy) is 2. The molecule has 8 heteroatoms. The van der Waals surface area contributed by atoms with Crippen LogP contribution in [0.5, 0.6) is 11.5 Å². The van der Waals surface area contributed by atoms with E-state index in [1.54, 1.807) is 36.4 Å². The molecule has 30 heavy (non-hydrogen) atoms. The van der Waals surface area contributed by atoms with Gasteiger partial charge in [-0.05, 0) is 52.3 Å². The molecule has 0 aliphatic carbocycles. The summed E-state index contributed by atoms with van der Waals surface area (Å²) in [5, 5.41) is 9.16. The van der Waals surface area contributed by atoms with Crippen molar-refractivity contribution >= 4 is 32.9 Å². The zero-order chi connectivity index (χ0) is 21.3. The first kappa shape index (κ1) is 19.9. The van der Waals surface area contributed by atoms with E-state index in [9.17, 15) is 9.18 Å². The van der Waals surface area contributed by atoms with Gasteiger partial charge in [0.1, 0.15) is 18.2 Å². The smallest absolute Gasteiger partial charge is 0.335 e. The topological polar surface area (TPSA) is 84.4 Å². The number of carboxylic acids is 1. The third-order valence-electron chi connectivity index (χ3n) is 4.56. The lowest BCUT2D eigenvalue weighted by atomic mass is 10.2. The number of fused-ring (bicyclic) bond motifs is 1. The number of aromatic nitrogens is 2. The number of hydrogen-bond donors (Lipinski definition) is 2. The number of nitrogens with one attached hydrogen (secondary N) is 1. The second kappa shape index (κ2) is 8.16. The third-order valence-corrected chi connectivity index (χ3v) is 5.15. The van der Waals surface area contributed by atoms with Gasteiger partial charge in [-0.3, -0.25) is 0 Å². The number of aromatic amines is 1. The lowest BCUT2D eigenvalue weighted by molar-refractivity contribution is 0.0697. The van der Waals surface area contributed by atoms with Gasteiger partial charge < -0.3 is 19.6 Å². The van der Waals surface area contributed by atoms with Crippen LogP contribution in [0.3, 0.4) is 0 Å². The van der Waals surface area contributed by atoms with E-state index in [1.807, 2.05) is 0 Å². The second-order valence-corrected chi connectivity index (χ2v) is 7.35. The van der Waals surface area contributed by atoms with Gasteiger partial charge in [-0.15, -0.1) is 0 Å². The molecule has 0 unspecified atom stereocenters. The van der Waals surface area contributed by atoms with Crippen molar-refractivity contribution in [3.8, 4) is 22.9 Å². The zero-order valence-electron chi connectivity index (χ0n) is 15.8. The van der Waals surface area contributed by atoms with Crippen molar-refractivity contribution in [2.24, 2.45) is 0 Å². The highest BCUT2D eigenvalue weighted by Gasteiger charge is 2.16. The SMILES string of the molecule is COc1cc(-c2nc3ccc(C(=O)O)cc3[nH]2)cc(Br)c1OCc1ccccc1F. The van der Waals surface area contributed by atoms with E-state index < -0.39 is 5.97 Å². The number of carboxylic acid groups (broad SMARTS) is 1. The Morgan fingerprint density at radius 2 is 2.00 bits per heavy atom. The number of rotatable bonds is 6. The van der Waals surface area contributed by atoms with Crippen LogP contribution in [-0.4, -0.2) is 28.2 Å². The zero-order valence-corrected chi connectivity index (χ0v) is 17.4. The second-order valence-electron chi connectivity index (χ2n) is 6.49. The van der Waals surface area contributed by atoms with E-state index >= 15 is 0 Å². The summed E-state index contributed by atoms with van der Waals surface area (Å²) in [7, 11) is 1.51. The summed E-state index contributed by atoms with van der Waals surface area (Å²) < 4.78 is 25.8. The molecule has 0 saturated carbocycles. The van der Waals surface area contributed by atoms with E-state index in [0.29, 0.717) is 44.0 Å². The van der Waals surface area contributed by atoms with Gasteiger partial charge in [-0.2, -0.15) is 0 Å². The highest BCUT2D eigenvalue weighted by molar-refractivity contribution is 9.10. The first-order valence-electron chi connectivity index (χ1n) is 8.93. The molecule has 4 rings (SSSR count). The molecule has 2 N–H and O–H groups in total. The lowest BCUT2D eigenvalue weighted by Crippen LogP contribution is -2.01. The minimum atomic E-state index is -1.01. The predicted molar refractivity (Wildman–Crippen MR) is 113 cm³/mol. The summed E-state index contributed by atoms with van der Waals surface area (Å²) in [4.78, 5) is 18.8. The number of nitrogens with zero attached hydrogens (tertiary/aromatic N) is 1. The van der Waals surface area contributed by atoms with Gasteiger partial charge in [-0.1, -0.05) is 18.2 Å². The summed E-state index contributed by atoms with van der Waals surface area (Å²) in [6.45, 7) is 0.0452. The summed E-state index contributed by atoms with van der Waals surface area (Å²) in [6.07, 6.45) is 0. The number of halogens is 2. The monoisotopic (exact) mass is 470 g/mol. The fourth-order valence-corrected chi connectivity index (χ4v) is 3.60. The Kier molecular flexibility index (Phi) is 5.41. The fraction of sp³-hybridized carbons (Fsp3) is 0.0909. The molecular weight excluding hydrogens is 455 g/mol. The summed E-state index contributed by atoms with van der Waals surface area (Å²) in [5.41, 5.74) is 2.57. The number of hydrogen-bond acceptors (Lipinski definition) is 4. The number of carbonyl (C=O) groups is 1. The van der Waals surface area contributed by atoms with E-state index in [2.05, 4.69) is 25.9 Å². The standard InChI is InChI=1S/C22H16BrFN2O4/c1-29-19-10-14(21-25-17-7-6-12(22(27)28)9-18(17)26-21)8-15(23)20(19)30-11-13-4-2-3-5-16(13)24/h2-10H,11H2,1H3,(H,25,26)(H,27,28). The minimum Gasteiger partial charge on any atom is -0.493 e. The van der Waals surface area contributed by atoms with E-state index in [1.165, 1.54) is 25.3 Å². The number of benzene rings is 3. The van der Waals surface area contributed by atoms with Crippen LogP contribution in [0.2, 0.25) is 0 Å². The molecule has 1 aromatic heterocycles. The lowest BCUT2D eigenvalue weighted by Gasteiger charge is -2.14. The van der Waals surface area contributed by atoms with Crippen molar-refractivity contribution in [3.05, 3.63) is 76.0 Å². The van der Waals surface area contributed by atoms with Crippen molar-refractivity contribution in [2.75, 3.05) is 7.11 Å². The maximum atomic E-state index is 13.9. The number of imidazole rings is 1. The van der Waals surface area contributed by atoms with Gasteiger partial charge in [0.05, 0.1) is 28.2 Å². The van der Waals surface area contributed by atoms with E-state index in [4.69, 9.17) is 14.6 Å². The average Bonchev–Trinajstić information content (AvgIpc) is 3.16. The molecule has 152 valence electrons. The highest BCUT2D eigenvalue weighted by atomic mass is 79.9. The quantitative estimate of drug-likeness (QED) is 0.393. The maximum Gasteiger partial charge on any atom is 0.335 e. The van der Waals surface area contributed by atoms with Crippen molar-refractivity contribution in [2.45, 2.75) is 6.61 Å². The molecule has 0 bridgehead atoms. The third kappa shape index (κ3) is 3.86. The van der Waals surface area contributed by atoms with Crippen LogP contribution in [-0.2, 0) is 6.61 Å². The number of aromatic carboxylic acids is 1. The van der Waals surface area contributed by atoms with Gasteiger partial charge in [0, 0.05) is 11.1 Å². The normalized spacial score (nSPS) is 10.9. The van der Waals surface area contributed by atoms with Gasteiger partial charge in [0.2, 0.25) is 0 Å². The molecule has 6 nitrogen and oxygen atoms in total. The van der Waals surface area contributed by atoms with Crippen molar-refractivity contribution in [1.29, 1.82) is 0 Å². The molecule has 0 radical (unpaired) electrons. The summed E-state index contributed by atoms with van der Waals surface area (Å²) in [6, 6.07) is 14.6. The fourth-order valence-electron chi connectivity index (χ4n) is 3.04. The molecule has 0 spiro atoms. The molecular formula is C22H16BrFN2O4. The van der Waals surface area contributed by atoms with Crippen molar-refractivity contribution in [1.82, 2.24) is 9.97 Å². The molecule has 0 atom stereocenters. The van der Waals surface area contributed by atoms with Gasteiger partial charge in [0.25, 0.3) is 0 Å². The molecule has 0 aliphatic rings. The Balaban J connectivity index is 1.67. The molecule has 4 aromatic rings. The Hall–Kier alpha value is -3.39. The molecule has 0 saturated heterocycles. The summed E-state index contributed by atoms with van der Waals surface area (Å²) in [5.74, 6) is 0.0874. The van der Waals surface area contributed by atoms with Crippen LogP contribution < -0.4 is 9.47 Å². The van der Waals surface area contributed by atoms with E-state index in [0.717, 1.165) is 0 Å². The van der Waals surface area contributed by atoms with Crippen LogP contribution in [0.25, 0.3) is 22.4 Å². The minimum absolute atomic E-state index is 0.0452. The van der Waals surface area contributed by atoms with Crippen LogP contribution in [0, 0.1) is 5.82 Å². The molecule has 0 aliphatic heterocycles. The molecule has 0 fully saturated rings. The first-order valence-corrected chi connectivity index (χ1v) is 9.72. The Bertz CT molecular complexity index is 1260. The van der Waals surface area contributed by atoms with Crippen molar-refractivity contribution in [3.63, 3.8) is 0 Å². The molecule has 3 aromatic carbocycles. The van der Waals surface area contributed by atoms with Crippen LogP contribution in [0.15, 0.2) is 59.1 Å². The average molecular weight is 471 g/mol. The van der Waals surface area contributed by atoms with Crippen LogP contribution in [0.1, 0.15) is 15.9 Å². The van der Waals surface area contributed by atoms with E-state index in [-0.39, 0.29) is 18.0 Å². The van der Waals surface area contributed by atoms with Gasteiger partial charge >= 0.3 is 5.97 Å². The maximum absolute atomic E-state index is 13.9. The largest absolute Gasteiger partial charge is 0.493 e. The molecule has 1 heterocycles. The summed E-state index contributed by atoms with van der Waals surface area (Å²) >= 11 is 3.48. The first-order chi connectivity index (χ1) is 14.5. The Labute approximate surface area is 179 Å².